The standard InChI is InChI=1S/C12H7F2N3S/c13-9-2-1-8(5-10(9)14)18-12-11(16)7(6-15)3-4-17-12/h1-5H,16H2. The zero-order valence-corrected chi connectivity index (χ0v) is 9.84. The minimum absolute atomic E-state index is 0.231. The monoisotopic (exact) mass is 263 g/mol. The zero-order valence-electron chi connectivity index (χ0n) is 9.02. The Hall–Kier alpha value is -2.13. The summed E-state index contributed by atoms with van der Waals surface area (Å²) in [5.41, 5.74) is 6.27. The van der Waals surface area contributed by atoms with Gasteiger partial charge in [0.05, 0.1) is 11.3 Å². The van der Waals surface area contributed by atoms with Crippen LogP contribution in [0.4, 0.5) is 14.5 Å². The van der Waals surface area contributed by atoms with E-state index in [2.05, 4.69) is 4.98 Å². The number of hydrogen-bond acceptors (Lipinski definition) is 4. The molecular weight excluding hydrogens is 256 g/mol. The molecule has 0 saturated carbocycles. The first kappa shape index (κ1) is 12.3. The van der Waals surface area contributed by atoms with Gasteiger partial charge in [-0.1, -0.05) is 11.8 Å². The lowest BCUT2D eigenvalue weighted by atomic mass is 10.2. The Morgan fingerprint density at radius 3 is 2.67 bits per heavy atom. The SMILES string of the molecule is N#Cc1ccnc(Sc2ccc(F)c(F)c2)c1N. The van der Waals surface area contributed by atoms with E-state index < -0.39 is 11.6 Å². The fraction of sp³-hybridized carbons (Fsp3) is 0. The molecule has 2 aromatic rings. The van der Waals surface area contributed by atoms with E-state index in [0.29, 0.717) is 15.5 Å². The molecule has 0 atom stereocenters. The van der Waals surface area contributed by atoms with Gasteiger partial charge in [0.15, 0.2) is 11.6 Å². The van der Waals surface area contributed by atoms with E-state index in [1.54, 1.807) is 0 Å². The molecule has 90 valence electrons. The van der Waals surface area contributed by atoms with Crippen LogP contribution in [0.1, 0.15) is 5.56 Å². The predicted molar refractivity (Wildman–Crippen MR) is 63.8 cm³/mol. The maximum atomic E-state index is 13.0. The lowest BCUT2D eigenvalue weighted by Gasteiger charge is -2.05. The largest absolute Gasteiger partial charge is 0.395 e. The Bertz CT molecular complexity index is 638. The normalized spacial score (nSPS) is 10.1. The maximum absolute atomic E-state index is 13.0. The van der Waals surface area contributed by atoms with Gasteiger partial charge < -0.3 is 5.73 Å². The number of anilines is 1. The first-order valence-corrected chi connectivity index (χ1v) is 5.71. The van der Waals surface area contributed by atoms with Crippen molar-refractivity contribution < 1.29 is 8.78 Å². The van der Waals surface area contributed by atoms with E-state index in [-0.39, 0.29) is 5.69 Å². The third-order valence-corrected chi connectivity index (χ3v) is 3.19. The summed E-state index contributed by atoms with van der Waals surface area (Å²) in [6.45, 7) is 0. The van der Waals surface area contributed by atoms with Crippen molar-refractivity contribution in [1.82, 2.24) is 4.98 Å². The molecule has 0 aliphatic carbocycles. The Morgan fingerprint density at radius 1 is 1.22 bits per heavy atom. The highest BCUT2D eigenvalue weighted by Crippen LogP contribution is 2.32. The van der Waals surface area contributed by atoms with Crippen molar-refractivity contribution in [3.8, 4) is 6.07 Å². The van der Waals surface area contributed by atoms with Crippen LogP contribution in [0.25, 0.3) is 0 Å². The van der Waals surface area contributed by atoms with E-state index in [0.717, 1.165) is 23.9 Å². The highest BCUT2D eigenvalue weighted by atomic mass is 32.2. The van der Waals surface area contributed by atoms with E-state index in [1.807, 2.05) is 6.07 Å². The number of aromatic nitrogens is 1. The summed E-state index contributed by atoms with van der Waals surface area (Å²) in [7, 11) is 0. The van der Waals surface area contributed by atoms with E-state index in [1.165, 1.54) is 18.3 Å². The Balaban J connectivity index is 2.35. The fourth-order valence-corrected chi connectivity index (χ4v) is 2.14. The molecule has 0 amide bonds. The number of halogens is 2. The number of rotatable bonds is 2. The minimum atomic E-state index is -0.935. The van der Waals surface area contributed by atoms with Crippen molar-refractivity contribution in [2.45, 2.75) is 9.92 Å². The molecule has 0 spiro atoms. The average molecular weight is 263 g/mol. The van der Waals surface area contributed by atoms with Gasteiger partial charge in [-0.2, -0.15) is 5.26 Å². The van der Waals surface area contributed by atoms with Gasteiger partial charge >= 0.3 is 0 Å². The number of benzene rings is 1. The molecular formula is C12H7F2N3S. The number of nitrogens with two attached hydrogens (primary N) is 1. The number of pyridine rings is 1. The Labute approximate surface area is 106 Å². The molecule has 0 radical (unpaired) electrons. The van der Waals surface area contributed by atoms with Crippen LogP contribution in [0, 0.1) is 23.0 Å². The Morgan fingerprint density at radius 2 is 2.00 bits per heavy atom. The smallest absolute Gasteiger partial charge is 0.159 e. The van der Waals surface area contributed by atoms with Gasteiger partial charge in [0.1, 0.15) is 11.1 Å². The van der Waals surface area contributed by atoms with Crippen LogP contribution in [-0.2, 0) is 0 Å². The number of nitriles is 1. The minimum Gasteiger partial charge on any atom is -0.395 e. The maximum Gasteiger partial charge on any atom is 0.159 e. The molecule has 6 heteroatoms. The molecule has 18 heavy (non-hydrogen) atoms. The zero-order chi connectivity index (χ0) is 13.1. The van der Waals surface area contributed by atoms with E-state index in [9.17, 15) is 8.78 Å². The summed E-state index contributed by atoms with van der Waals surface area (Å²) in [5.74, 6) is -1.85. The second-order valence-electron chi connectivity index (χ2n) is 3.37. The molecule has 1 aromatic carbocycles. The summed E-state index contributed by atoms with van der Waals surface area (Å²) >= 11 is 1.07. The van der Waals surface area contributed by atoms with Crippen LogP contribution in [0.5, 0.6) is 0 Å². The average Bonchev–Trinajstić information content (AvgIpc) is 2.36. The summed E-state index contributed by atoms with van der Waals surface area (Å²) in [6, 6.07) is 6.93. The number of nitrogens with zero attached hydrogens (tertiary/aromatic N) is 2. The molecule has 2 N–H and O–H groups in total. The second-order valence-corrected chi connectivity index (χ2v) is 4.43. The summed E-state index contributed by atoms with van der Waals surface area (Å²) < 4.78 is 25.8. The highest BCUT2D eigenvalue weighted by Gasteiger charge is 2.09. The van der Waals surface area contributed by atoms with Crippen molar-refractivity contribution >= 4 is 17.4 Å². The van der Waals surface area contributed by atoms with Crippen LogP contribution < -0.4 is 5.73 Å². The van der Waals surface area contributed by atoms with Crippen LogP contribution in [-0.4, -0.2) is 4.98 Å². The predicted octanol–water partition coefficient (Wildman–Crippen LogP) is 2.96. The van der Waals surface area contributed by atoms with Gasteiger partial charge in [-0.25, -0.2) is 13.8 Å². The van der Waals surface area contributed by atoms with Gasteiger partial charge in [0.25, 0.3) is 0 Å². The molecule has 0 fully saturated rings. The second kappa shape index (κ2) is 5.02. The van der Waals surface area contributed by atoms with Gasteiger partial charge in [-0.05, 0) is 24.3 Å². The van der Waals surface area contributed by atoms with Gasteiger partial charge in [-0.3, -0.25) is 0 Å². The molecule has 0 saturated heterocycles. The van der Waals surface area contributed by atoms with Crippen LogP contribution in [0.3, 0.4) is 0 Å². The van der Waals surface area contributed by atoms with E-state index in [4.69, 9.17) is 11.0 Å². The third-order valence-electron chi connectivity index (χ3n) is 2.18. The first-order valence-electron chi connectivity index (χ1n) is 4.89. The third kappa shape index (κ3) is 2.41. The van der Waals surface area contributed by atoms with Gasteiger partial charge in [-0.15, -0.1) is 0 Å². The number of nitrogen functional groups attached to an aromatic ring is 1. The summed E-state index contributed by atoms with van der Waals surface area (Å²) in [5, 5.41) is 9.20. The van der Waals surface area contributed by atoms with Crippen molar-refractivity contribution in [2.24, 2.45) is 0 Å². The summed E-state index contributed by atoms with van der Waals surface area (Å²) in [4.78, 5) is 4.47. The molecule has 0 bridgehead atoms. The Kier molecular flexibility index (Phi) is 3.44. The van der Waals surface area contributed by atoms with Gasteiger partial charge in [0, 0.05) is 11.1 Å². The molecule has 3 nitrogen and oxygen atoms in total. The molecule has 0 aliphatic rings. The molecule has 1 aromatic heterocycles. The quantitative estimate of drug-likeness (QED) is 0.904. The topological polar surface area (TPSA) is 62.7 Å². The lowest BCUT2D eigenvalue weighted by Crippen LogP contribution is -1.95. The number of hydrogen-bond donors (Lipinski definition) is 1. The van der Waals surface area contributed by atoms with Crippen molar-refractivity contribution in [3.63, 3.8) is 0 Å². The van der Waals surface area contributed by atoms with Crippen molar-refractivity contribution in [1.29, 1.82) is 5.26 Å². The molecule has 0 unspecified atom stereocenters. The molecule has 2 rings (SSSR count). The van der Waals surface area contributed by atoms with Gasteiger partial charge in [0.2, 0.25) is 0 Å². The summed E-state index contributed by atoms with van der Waals surface area (Å²) in [6.07, 6.45) is 1.44. The van der Waals surface area contributed by atoms with Crippen LogP contribution in [0.2, 0.25) is 0 Å². The van der Waals surface area contributed by atoms with Crippen LogP contribution in [0.15, 0.2) is 40.4 Å². The molecule has 1 heterocycles. The van der Waals surface area contributed by atoms with Crippen molar-refractivity contribution in [2.75, 3.05) is 5.73 Å². The molecule has 0 aliphatic heterocycles. The lowest BCUT2D eigenvalue weighted by molar-refractivity contribution is 0.506. The first-order chi connectivity index (χ1) is 8.61. The highest BCUT2D eigenvalue weighted by molar-refractivity contribution is 7.99. The fourth-order valence-electron chi connectivity index (χ4n) is 1.28. The van der Waals surface area contributed by atoms with E-state index >= 15 is 0 Å². The van der Waals surface area contributed by atoms with Crippen LogP contribution >= 0.6 is 11.8 Å². The van der Waals surface area contributed by atoms with Crippen molar-refractivity contribution in [3.05, 3.63) is 47.7 Å².